The zero-order valence-electron chi connectivity index (χ0n) is 12.8. The van der Waals surface area contributed by atoms with E-state index >= 15 is 0 Å². The predicted molar refractivity (Wildman–Crippen MR) is 88.6 cm³/mol. The first-order valence-corrected chi connectivity index (χ1v) is 9.76. The topological polar surface area (TPSA) is 67.4 Å². The number of ether oxygens (including phenoxy) is 1. The van der Waals surface area contributed by atoms with Crippen molar-refractivity contribution in [1.82, 2.24) is 10.0 Å². The summed E-state index contributed by atoms with van der Waals surface area (Å²) < 4.78 is 32.5. The highest BCUT2D eigenvalue weighted by molar-refractivity contribution is 7.98. The van der Waals surface area contributed by atoms with E-state index in [2.05, 4.69) is 10.0 Å². The van der Waals surface area contributed by atoms with Crippen LogP contribution in [-0.4, -0.2) is 46.7 Å². The van der Waals surface area contributed by atoms with Gasteiger partial charge in [0.2, 0.25) is 10.0 Å². The SMILES string of the molecule is CNCCCOc1ccc(S(=O)(=O)NC(C)CSC)cc1. The lowest BCUT2D eigenvalue weighted by Crippen LogP contribution is -2.34. The largest absolute Gasteiger partial charge is 0.494 e. The normalized spacial score (nSPS) is 13.1. The molecule has 0 aliphatic rings. The van der Waals surface area contributed by atoms with Gasteiger partial charge in [0.15, 0.2) is 0 Å². The van der Waals surface area contributed by atoms with Gasteiger partial charge in [-0.3, -0.25) is 0 Å². The van der Waals surface area contributed by atoms with E-state index in [0.717, 1.165) is 18.7 Å². The summed E-state index contributed by atoms with van der Waals surface area (Å²) in [5.41, 5.74) is 0. The van der Waals surface area contributed by atoms with E-state index in [-0.39, 0.29) is 10.9 Å². The van der Waals surface area contributed by atoms with E-state index in [9.17, 15) is 8.42 Å². The molecule has 0 saturated heterocycles. The summed E-state index contributed by atoms with van der Waals surface area (Å²) in [6, 6.07) is 6.42. The summed E-state index contributed by atoms with van der Waals surface area (Å²) in [5, 5.41) is 3.04. The summed E-state index contributed by atoms with van der Waals surface area (Å²) >= 11 is 1.61. The molecule has 0 heterocycles. The van der Waals surface area contributed by atoms with E-state index in [1.54, 1.807) is 36.0 Å². The Bertz CT molecular complexity index is 503. The van der Waals surface area contributed by atoms with Gasteiger partial charge in [-0.25, -0.2) is 13.1 Å². The number of benzene rings is 1. The van der Waals surface area contributed by atoms with Crippen LogP contribution in [-0.2, 0) is 10.0 Å². The first kappa shape index (κ1) is 18.3. The van der Waals surface area contributed by atoms with E-state index < -0.39 is 10.0 Å². The predicted octanol–water partition coefficient (Wildman–Crippen LogP) is 1.70. The third-order valence-corrected chi connectivity index (χ3v) is 5.19. The van der Waals surface area contributed by atoms with Crippen LogP contribution in [0.15, 0.2) is 29.2 Å². The Balaban J connectivity index is 2.59. The van der Waals surface area contributed by atoms with E-state index in [4.69, 9.17) is 4.74 Å². The van der Waals surface area contributed by atoms with Crippen molar-refractivity contribution < 1.29 is 13.2 Å². The van der Waals surface area contributed by atoms with Crippen molar-refractivity contribution in [2.24, 2.45) is 0 Å². The Hall–Kier alpha value is -0.760. The van der Waals surface area contributed by atoms with Crippen LogP contribution in [0.2, 0.25) is 0 Å². The van der Waals surface area contributed by atoms with Crippen LogP contribution >= 0.6 is 11.8 Å². The van der Waals surface area contributed by atoms with E-state index in [1.165, 1.54) is 0 Å². The highest BCUT2D eigenvalue weighted by atomic mass is 32.2. The fraction of sp³-hybridized carbons (Fsp3) is 0.571. The Kier molecular flexibility index (Phi) is 8.10. The Morgan fingerprint density at radius 3 is 2.52 bits per heavy atom. The minimum atomic E-state index is -3.46. The molecule has 0 radical (unpaired) electrons. The van der Waals surface area contributed by atoms with Crippen LogP contribution in [0.3, 0.4) is 0 Å². The number of hydrogen-bond acceptors (Lipinski definition) is 5. The molecule has 1 aromatic carbocycles. The third kappa shape index (κ3) is 6.69. The molecule has 2 N–H and O–H groups in total. The quantitative estimate of drug-likeness (QED) is 0.639. The summed E-state index contributed by atoms with van der Waals surface area (Å²) in [7, 11) is -1.56. The van der Waals surface area contributed by atoms with Crippen LogP contribution in [0.4, 0.5) is 0 Å². The molecule has 0 aliphatic heterocycles. The molecule has 0 fully saturated rings. The van der Waals surface area contributed by atoms with Crippen molar-refractivity contribution in [3.05, 3.63) is 24.3 Å². The van der Waals surface area contributed by atoms with Crippen LogP contribution in [0.25, 0.3) is 0 Å². The Labute approximate surface area is 131 Å². The molecule has 5 nitrogen and oxygen atoms in total. The van der Waals surface area contributed by atoms with Crippen molar-refractivity contribution in [3.63, 3.8) is 0 Å². The minimum Gasteiger partial charge on any atom is -0.494 e. The number of thioether (sulfide) groups is 1. The number of rotatable bonds is 10. The molecule has 0 amide bonds. The van der Waals surface area contributed by atoms with Gasteiger partial charge >= 0.3 is 0 Å². The molecule has 0 aromatic heterocycles. The van der Waals surface area contributed by atoms with Crippen molar-refractivity contribution in [2.45, 2.75) is 24.3 Å². The summed E-state index contributed by atoms with van der Waals surface area (Å²) in [6.45, 7) is 3.35. The first-order valence-electron chi connectivity index (χ1n) is 6.88. The van der Waals surface area contributed by atoms with Crippen molar-refractivity contribution in [3.8, 4) is 5.75 Å². The smallest absolute Gasteiger partial charge is 0.240 e. The maximum absolute atomic E-state index is 12.2. The van der Waals surface area contributed by atoms with Gasteiger partial charge in [-0.05, 0) is 57.5 Å². The standard InChI is InChI=1S/C14H24N2O3S2/c1-12(11-20-3)16-21(17,18)14-7-5-13(6-8-14)19-10-4-9-15-2/h5-8,12,15-16H,4,9-11H2,1-3H3. The Morgan fingerprint density at radius 1 is 1.29 bits per heavy atom. The van der Waals surface area contributed by atoms with Gasteiger partial charge in [0.05, 0.1) is 11.5 Å². The van der Waals surface area contributed by atoms with Gasteiger partial charge in [0, 0.05) is 11.8 Å². The highest BCUT2D eigenvalue weighted by Crippen LogP contribution is 2.16. The average molecular weight is 332 g/mol. The third-order valence-electron chi connectivity index (χ3n) is 2.75. The van der Waals surface area contributed by atoms with Crippen LogP contribution in [0.5, 0.6) is 5.75 Å². The molecule has 120 valence electrons. The molecule has 0 spiro atoms. The molecule has 0 aliphatic carbocycles. The number of sulfonamides is 1. The molecular formula is C14H24N2O3S2. The molecule has 1 aromatic rings. The van der Waals surface area contributed by atoms with Crippen molar-refractivity contribution in [2.75, 3.05) is 32.2 Å². The maximum atomic E-state index is 12.2. The second-order valence-electron chi connectivity index (χ2n) is 4.75. The number of nitrogens with one attached hydrogen (secondary N) is 2. The fourth-order valence-electron chi connectivity index (χ4n) is 1.77. The highest BCUT2D eigenvalue weighted by Gasteiger charge is 2.16. The van der Waals surface area contributed by atoms with Gasteiger partial charge in [-0.1, -0.05) is 0 Å². The lowest BCUT2D eigenvalue weighted by Gasteiger charge is -2.13. The number of hydrogen-bond donors (Lipinski definition) is 2. The molecule has 1 unspecified atom stereocenters. The monoisotopic (exact) mass is 332 g/mol. The lowest BCUT2D eigenvalue weighted by atomic mass is 10.3. The second-order valence-corrected chi connectivity index (χ2v) is 7.38. The van der Waals surface area contributed by atoms with Gasteiger partial charge in [0.25, 0.3) is 0 Å². The van der Waals surface area contributed by atoms with Gasteiger partial charge < -0.3 is 10.1 Å². The molecular weight excluding hydrogens is 308 g/mol. The van der Waals surface area contributed by atoms with Crippen LogP contribution in [0.1, 0.15) is 13.3 Å². The molecule has 21 heavy (non-hydrogen) atoms. The summed E-state index contributed by atoms with van der Waals surface area (Å²) in [6.07, 6.45) is 2.86. The summed E-state index contributed by atoms with van der Waals surface area (Å²) in [5.74, 6) is 1.42. The van der Waals surface area contributed by atoms with Gasteiger partial charge in [0.1, 0.15) is 5.75 Å². The molecule has 0 saturated carbocycles. The Morgan fingerprint density at radius 2 is 1.95 bits per heavy atom. The van der Waals surface area contributed by atoms with E-state index in [1.807, 2.05) is 20.2 Å². The minimum absolute atomic E-state index is 0.0949. The van der Waals surface area contributed by atoms with Crippen molar-refractivity contribution in [1.29, 1.82) is 0 Å². The van der Waals surface area contributed by atoms with Crippen LogP contribution < -0.4 is 14.8 Å². The van der Waals surface area contributed by atoms with Gasteiger partial charge in [-0.15, -0.1) is 0 Å². The second kappa shape index (κ2) is 9.30. The lowest BCUT2D eigenvalue weighted by molar-refractivity contribution is 0.309. The molecule has 0 bridgehead atoms. The molecule has 7 heteroatoms. The van der Waals surface area contributed by atoms with E-state index in [0.29, 0.717) is 12.4 Å². The zero-order valence-corrected chi connectivity index (χ0v) is 14.4. The first-order chi connectivity index (χ1) is 9.99. The molecule has 1 rings (SSSR count). The van der Waals surface area contributed by atoms with Crippen molar-refractivity contribution >= 4 is 21.8 Å². The van der Waals surface area contributed by atoms with Crippen LogP contribution in [0, 0.1) is 0 Å². The average Bonchev–Trinajstić information content (AvgIpc) is 2.44. The summed E-state index contributed by atoms with van der Waals surface area (Å²) in [4.78, 5) is 0.262. The maximum Gasteiger partial charge on any atom is 0.240 e. The molecule has 1 atom stereocenters. The zero-order chi connectivity index (χ0) is 15.7. The van der Waals surface area contributed by atoms with Gasteiger partial charge in [-0.2, -0.15) is 11.8 Å². The fourth-order valence-corrected chi connectivity index (χ4v) is 3.70.